The van der Waals surface area contributed by atoms with Crippen LogP contribution in [0.4, 0.5) is 4.39 Å². The fraction of sp³-hybridized carbons (Fsp3) is 0.300. The molecule has 1 rings (SSSR count). The largest absolute Gasteiger partial charge is 0.460 e. The van der Waals surface area contributed by atoms with Gasteiger partial charge in [-0.25, -0.2) is 17.6 Å². The standard InChI is InChI=1S/C10H9Cl2FO5S/c1-17-2-3-18-10(14)7-4-6(11)5-8(9(7)13)19(12,15)16/h4-5H,2-3H2,1H3. The lowest BCUT2D eigenvalue weighted by molar-refractivity contribution is 0.0382. The van der Waals surface area contributed by atoms with Gasteiger partial charge in [0.25, 0.3) is 9.05 Å². The van der Waals surface area contributed by atoms with Gasteiger partial charge in [0.2, 0.25) is 0 Å². The Morgan fingerprint density at radius 1 is 1.37 bits per heavy atom. The average molecular weight is 331 g/mol. The van der Waals surface area contributed by atoms with E-state index in [0.717, 1.165) is 12.1 Å². The average Bonchev–Trinajstić information content (AvgIpc) is 2.30. The summed E-state index contributed by atoms with van der Waals surface area (Å²) in [5, 5.41) is -0.153. The van der Waals surface area contributed by atoms with E-state index in [9.17, 15) is 17.6 Å². The van der Waals surface area contributed by atoms with Crippen molar-refractivity contribution in [2.75, 3.05) is 20.3 Å². The number of carbonyl (C=O) groups excluding carboxylic acids is 1. The quantitative estimate of drug-likeness (QED) is 0.470. The number of esters is 1. The van der Waals surface area contributed by atoms with Crippen LogP contribution in [0.1, 0.15) is 10.4 Å². The van der Waals surface area contributed by atoms with E-state index in [2.05, 4.69) is 9.47 Å². The fourth-order valence-electron chi connectivity index (χ4n) is 1.19. The molecule has 0 atom stereocenters. The highest BCUT2D eigenvalue weighted by molar-refractivity contribution is 8.13. The second-order valence-corrected chi connectivity index (χ2v) is 6.30. The SMILES string of the molecule is COCCOC(=O)c1cc(Cl)cc(S(=O)(=O)Cl)c1F. The number of methoxy groups -OCH3 is 1. The molecule has 0 amide bonds. The van der Waals surface area contributed by atoms with Crippen molar-refractivity contribution in [1.29, 1.82) is 0 Å². The van der Waals surface area contributed by atoms with Crippen molar-refractivity contribution in [2.45, 2.75) is 4.90 Å². The van der Waals surface area contributed by atoms with Crippen LogP contribution < -0.4 is 0 Å². The number of carbonyl (C=O) groups is 1. The summed E-state index contributed by atoms with van der Waals surface area (Å²) in [6, 6.07) is 1.77. The smallest absolute Gasteiger partial charge is 0.341 e. The zero-order valence-corrected chi connectivity index (χ0v) is 12.0. The van der Waals surface area contributed by atoms with Gasteiger partial charge in [0.05, 0.1) is 12.2 Å². The number of ether oxygens (including phenoxy) is 2. The van der Waals surface area contributed by atoms with E-state index in [4.69, 9.17) is 22.3 Å². The summed E-state index contributed by atoms with van der Waals surface area (Å²) in [4.78, 5) is 10.7. The molecule has 0 bridgehead atoms. The minimum atomic E-state index is -4.36. The van der Waals surface area contributed by atoms with Crippen LogP contribution in [0.5, 0.6) is 0 Å². The number of benzene rings is 1. The van der Waals surface area contributed by atoms with E-state index < -0.39 is 31.3 Å². The van der Waals surface area contributed by atoms with Crippen molar-refractivity contribution in [2.24, 2.45) is 0 Å². The van der Waals surface area contributed by atoms with Crippen molar-refractivity contribution in [1.82, 2.24) is 0 Å². The zero-order valence-electron chi connectivity index (χ0n) is 9.65. The second-order valence-electron chi connectivity index (χ2n) is 3.33. The third kappa shape index (κ3) is 4.31. The van der Waals surface area contributed by atoms with Gasteiger partial charge >= 0.3 is 5.97 Å². The zero-order chi connectivity index (χ0) is 14.6. The molecule has 1 aromatic carbocycles. The molecule has 0 radical (unpaired) electrons. The van der Waals surface area contributed by atoms with Gasteiger partial charge in [0.1, 0.15) is 11.5 Å². The number of halogens is 3. The first-order valence-corrected chi connectivity index (χ1v) is 7.56. The van der Waals surface area contributed by atoms with Crippen molar-refractivity contribution in [3.05, 3.63) is 28.5 Å². The summed E-state index contributed by atoms with van der Waals surface area (Å²) < 4.78 is 45.4. The molecule has 0 aromatic heterocycles. The predicted octanol–water partition coefficient (Wildman–Crippen LogP) is 2.21. The van der Waals surface area contributed by atoms with Gasteiger partial charge in [-0.3, -0.25) is 0 Å². The molecule has 106 valence electrons. The minimum absolute atomic E-state index is 0.107. The molecule has 1 aromatic rings. The molecule has 0 unspecified atom stereocenters. The predicted molar refractivity (Wildman–Crippen MR) is 66.6 cm³/mol. The van der Waals surface area contributed by atoms with E-state index in [1.807, 2.05) is 0 Å². The Labute approximate surface area is 118 Å². The Hall–Kier alpha value is -0.890. The summed E-state index contributed by atoms with van der Waals surface area (Å²) in [6.45, 7) is 0.0127. The van der Waals surface area contributed by atoms with Crippen molar-refractivity contribution in [3.8, 4) is 0 Å². The second kappa shape index (κ2) is 6.51. The van der Waals surface area contributed by atoms with Gasteiger partial charge in [-0.15, -0.1) is 0 Å². The molecule has 0 aliphatic carbocycles. The van der Waals surface area contributed by atoms with Crippen LogP contribution in [0.25, 0.3) is 0 Å². The maximum absolute atomic E-state index is 13.9. The highest BCUT2D eigenvalue weighted by Crippen LogP contribution is 2.26. The van der Waals surface area contributed by atoms with Gasteiger partial charge in [-0.1, -0.05) is 11.6 Å². The highest BCUT2D eigenvalue weighted by Gasteiger charge is 2.24. The molecular weight excluding hydrogens is 322 g/mol. The summed E-state index contributed by atoms with van der Waals surface area (Å²) in [5.74, 6) is -2.36. The Kier molecular flexibility index (Phi) is 5.54. The van der Waals surface area contributed by atoms with Gasteiger partial charge in [0.15, 0.2) is 5.82 Å². The molecule has 5 nitrogen and oxygen atoms in total. The highest BCUT2D eigenvalue weighted by atomic mass is 35.7. The summed E-state index contributed by atoms with van der Waals surface area (Å²) in [7, 11) is 2.08. The molecule has 0 fully saturated rings. The van der Waals surface area contributed by atoms with Gasteiger partial charge in [-0.2, -0.15) is 0 Å². The molecule has 9 heteroatoms. The van der Waals surface area contributed by atoms with E-state index in [0.29, 0.717) is 0 Å². The molecule has 0 saturated heterocycles. The molecule has 0 aliphatic rings. The maximum Gasteiger partial charge on any atom is 0.341 e. The minimum Gasteiger partial charge on any atom is -0.460 e. The van der Waals surface area contributed by atoms with Gasteiger partial charge in [0, 0.05) is 22.8 Å². The Bertz CT molecular complexity index is 588. The maximum atomic E-state index is 13.9. The first kappa shape index (κ1) is 16.2. The van der Waals surface area contributed by atoms with Crippen LogP contribution in [0.2, 0.25) is 5.02 Å². The Morgan fingerprint density at radius 3 is 2.53 bits per heavy atom. The van der Waals surface area contributed by atoms with Crippen LogP contribution in [-0.4, -0.2) is 34.7 Å². The first-order valence-electron chi connectivity index (χ1n) is 4.87. The normalized spacial score (nSPS) is 11.4. The van der Waals surface area contributed by atoms with Gasteiger partial charge < -0.3 is 9.47 Å². The molecular formula is C10H9Cl2FO5S. The monoisotopic (exact) mass is 330 g/mol. The fourth-order valence-corrected chi connectivity index (χ4v) is 2.40. The lowest BCUT2D eigenvalue weighted by Crippen LogP contribution is -2.13. The summed E-state index contributed by atoms with van der Waals surface area (Å²) in [6.07, 6.45) is 0. The molecule has 0 N–H and O–H groups in total. The lowest BCUT2D eigenvalue weighted by Gasteiger charge is -2.07. The van der Waals surface area contributed by atoms with E-state index in [-0.39, 0.29) is 18.2 Å². The third-order valence-electron chi connectivity index (χ3n) is 2.01. The van der Waals surface area contributed by atoms with Crippen LogP contribution in [0.15, 0.2) is 17.0 Å². The number of hydrogen-bond donors (Lipinski definition) is 0. The topological polar surface area (TPSA) is 69.7 Å². The molecule has 0 saturated carbocycles. The van der Waals surface area contributed by atoms with Crippen molar-refractivity contribution in [3.63, 3.8) is 0 Å². The Morgan fingerprint density at radius 2 is 2.00 bits per heavy atom. The molecule has 0 aliphatic heterocycles. The van der Waals surface area contributed by atoms with Crippen LogP contribution in [-0.2, 0) is 18.5 Å². The molecule has 19 heavy (non-hydrogen) atoms. The van der Waals surface area contributed by atoms with Crippen LogP contribution in [0, 0.1) is 5.82 Å². The van der Waals surface area contributed by atoms with E-state index in [1.54, 1.807) is 0 Å². The Balaban J connectivity index is 3.15. The molecule has 0 spiro atoms. The molecule has 0 heterocycles. The van der Waals surface area contributed by atoms with Crippen molar-refractivity contribution >= 4 is 37.3 Å². The van der Waals surface area contributed by atoms with E-state index in [1.165, 1.54) is 7.11 Å². The van der Waals surface area contributed by atoms with Crippen LogP contribution in [0.3, 0.4) is 0 Å². The summed E-state index contributed by atoms with van der Waals surface area (Å²) in [5.41, 5.74) is -0.608. The lowest BCUT2D eigenvalue weighted by atomic mass is 10.2. The first-order chi connectivity index (χ1) is 8.77. The van der Waals surface area contributed by atoms with Crippen molar-refractivity contribution < 1.29 is 27.1 Å². The summed E-state index contributed by atoms with van der Waals surface area (Å²) >= 11 is 5.61. The number of rotatable bonds is 5. The van der Waals surface area contributed by atoms with Crippen LogP contribution >= 0.6 is 22.3 Å². The third-order valence-corrected chi connectivity index (χ3v) is 3.55. The van der Waals surface area contributed by atoms with E-state index >= 15 is 0 Å². The van der Waals surface area contributed by atoms with Gasteiger partial charge in [-0.05, 0) is 12.1 Å². The number of hydrogen-bond acceptors (Lipinski definition) is 5.